The van der Waals surface area contributed by atoms with E-state index in [1.165, 1.54) is 6.08 Å². The summed E-state index contributed by atoms with van der Waals surface area (Å²) < 4.78 is 10.9. The van der Waals surface area contributed by atoms with Gasteiger partial charge in [-0.05, 0) is 36.8 Å². The van der Waals surface area contributed by atoms with Crippen molar-refractivity contribution in [3.63, 3.8) is 0 Å². The minimum absolute atomic E-state index is 0.0793. The van der Waals surface area contributed by atoms with E-state index >= 15 is 0 Å². The van der Waals surface area contributed by atoms with E-state index in [-0.39, 0.29) is 18.1 Å². The summed E-state index contributed by atoms with van der Waals surface area (Å²) in [4.78, 5) is 12.6. The molecule has 0 fully saturated rings. The minimum Gasteiger partial charge on any atom is -0.479 e. The maximum atomic E-state index is 12.6. The minimum atomic E-state index is -0.245. The topological polar surface area (TPSA) is 59.3 Å². The Morgan fingerprint density at radius 2 is 2.00 bits per heavy atom. The average Bonchev–Trinajstić information content (AvgIpc) is 2.85. The number of halogens is 2. The Hall–Kier alpha value is -2.48. The Balaban J connectivity index is 2.00. The second-order valence-electron chi connectivity index (χ2n) is 5.14. The third-order valence-electron chi connectivity index (χ3n) is 3.52. The third-order valence-corrected chi connectivity index (χ3v) is 4.18. The van der Waals surface area contributed by atoms with Gasteiger partial charge in [-0.3, -0.25) is 4.79 Å². The average molecular weight is 360 g/mol. The molecular formula is C18H11Cl2NO3. The molecule has 2 aromatic rings. The predicted octanol–water partition coefficient (Wildman–Crippen LogP) is 4.82. The van der Waals surface area contributed by atoms with Crippen molar-refractivity contribution in [1.82, 2.24) is 0 Å². The van der Waals surface area contributed by atoms with Gasteiger partial charge in [0.25, 0.3) is 0 Å². The number of ketones is 1. The highest BCUT2D eigenvalue weighted by Crippen LogP contribution is 2.38. The molecule has 0 saturated carbocycles. The molecule has 0 spiro atoms. The molecule has 0 atom stereocenters. The van der Waals surface area contributed by atoms with Crippen molar-refractivity contribution in [3.05, 3.63) is 62.8 Å². The standard InChI is InChI=1S/C18H11Cl2NO3/c1-10-7-11(23-6-5-21)8-15-17(10)18(22)16(24-15)9-12-13(19)3-2-4-14(12)20/h2-4,7-9H,6H2,1H3/b16-9-. The SMILES string of the molecule is Cc1cc(OCC#N)cc2c1C(=O)/C(=C/c1c(Cl)cccc1Cl)O2. The van der Waals surface area contributed by atoms with Crippen LogP contribution in [0, 0.1) is 18.3 Å². The fourth-order valence-corrected chi connectivity index (χ4v) is 2.96. The molecule has 24 heavy (non-hydrogen) atoms. The number of fused-ring (bicyclic) bond motifs is 1. The molecule has 2 aromatic carbocycles. The number of carbonyl (C=O) groups is 1. The van der Waals surface area contributed by atoms with Crippen LogP contribution in [-0.2, 0) is 0 Å². The number of benzene rings is 2. The maximum Gasteiger partial charge on any atom is 0.232 e. The van der Waals surface area contributed by atoms with Gasteiger partial charge in [-0.1, -0.05) is 29.3 Å². The highest BCUT2D eigenvalue weighted by molar-refractivity contribution is 6.37. The van der Waals surface area contributed by atoms with Crippen LogP contribution in [0.3, 0.4) is 0 Å². The van der Waals surface area contributed by atoms with Crippen molar-refractivity contribution < 1.29 is 14.3 Å². The molecule has 3 rings (SSSR count). The number of rotatable bonds is 3. The van der Waals surface area contributed by atoms with Crippen LogP contribution in [0.4, 0.5) is 0 Å². The number of Topliss-reactive ketones (excluding diaryl/α,β-unsaturated/α-hetero) is 1. The second kappa shape index (κ2) is 6.56. The van der Waals surface area contributed by atoms with Crippen molar-refractivity contribution in [1.29, 1.82) is 5.26 Å². The first-order chi connectivity index (χ1) is 11.5. The third kappa shape index (κ3) is 2.96. The maximum absolute atomic E-state index is 12.6. The van der Waals surface area contributed by atoms with Gasteiger partial charge in [0.2, 0.25) is 5.78 Å². The number of aryl methyl sites for hydroxylation is 1. The van der Waals surface area contributed by atoms with Crippen LogP contribution in [0.2, 0.25) is 10.0 Å². The van der Waals surface area contributed by atoms with E-state index in [9.17, 15) is 4.79 Å². The van der Waals surface area contributed by atoms with Gasteiger partial charge in [0.05, 0.1) is 5.56 Å². The van der Waals surface area contributed by atoms with Crippen LogP contribution in [0.15, 0.2) is 36.1 Å². The van der Waals surface area contributed by atoms with E-state index in [0.717, 1.165) is 0 Å². The molecule has 4 nitrogen and oxygen atoms in total. The Kier molecular flexibility index (Phi) is 4.48. The number of nitrogens with zero attached hydrogens (tertiary/aromatic N) is 1. The number of ether oxygens (including phenoxy) is 2. The van der Waals surface area contributed by atoms with Crippen molar-refractivity contribution in [3.8, 4) is 17.6 Å². The molecule has 1 heterocycles. The number of carbonyl (C=O) groups excluding carboxylic acids is 1. The molecule has 1 aliphatic heterocycles. The van der Waals surface area contributed by atoms with Crippen molar-refractivity contribution in [2.24, 2.45) is 0 Å². The predicted molar refractivity (Wildman–Crippen MR) is 91.7 cm³/mol. The lowest BCUT2D eigenvalue weighted by molar-refractivity contribution is 0.101. The fraction of sp³-hybridized carbons (Fsp3) is 0.111. The second-order valence-corrected chi connectivity index (χ2v) is 5.95. The summed E-state index contributed by atoms with van der Waals surface area (Å²) in [7, 11) is 0. The van der Waals surface area contributed by atoms with Crippen LogP contribution < -0.4 is 9.47 Å². The van der Waals surface area contributed by atoms with Crippen LogP contribution >= 0.6 is 23.2 Å². The molecule has 1 aliphatic rings. The molecule has 0 bridgehead atoms. The lowest BCUT2D eigenvalue weighted by Crippen LogP contribution is -2.00. The first kappa shape index (κ1) is 16.4. The van der Waals surface area contributed by atoms with E-state index in [2.05, 4.69) is 0 Å². The summed E-state index contributed by atoms with van der Waals surface area (Å²) in [6.45, 7) is 1.70. The van der Waals surface area contributed by atoms with E-state index in [4.69, 9.17) is 37.9 Å². The summed E-state index contributed by atoms with van der Waals surface area (Å²) in [5.74, 6) is 0.755. The summed E-state index contributed by atoms with van der Waals surface area (Å²) >= 11 is 12.3. The Bertz CT molecular complexity index is 893. The van der Waals surface area contributed by atoms with Crippen LogP contribution in [0.5, 0.6) is 11.5 Å². The van der Waals surface area contributed by atoms with Gasteiger partial charge in [-0.25, -0.2) is 0 Å². The largest absolute Gasteiger partial charge is 0.479 e. The Morgan fingerprint density at radius 1 is 1.29 bits per heavy atom. The normalized spacial score (nSPS) is 14.2. The molecule has 120 valence electrons. The van der Waals surface area contributed by atoms with Crippen LogP contribution in [0.25, 0.3) is 6.08 Å². The highest BCUT2D eigenvalue weighted by atomic mass is 35.5. The Morgan fingerprint density at radius 3 is 2.67 bits per heavy atom. The van der Waals surface area contributed by atoms with Crippen LogP contribution in [0.1, 0.15) is 21.5 Å². The molecule has 0 aliphatic carbocycles. The summed E-state index contributed by atoms with van der Waals surface area (Å²) in [5, 5.41) is 9.45. The smallest absolute Gasteiger partial charge is 0.232 e. The Labute approximate surface area is 148 Å². The van der Waals surface area contributed by atoms with E-state index in [0.29, 0.717) is 38.2 Å². The first-order valence-electron chi connectivity index (χ1n) is 7.04. The number of hydrogen-bond donors (Lipinski definition) is 0. The van der Waals surface area contributed by atoms with E-state index in [1.54, 1.807) is 37.3 Å². The quantitative estimate of drug-likeness (QED) is 0.737. The van der Waals surface area contributed by atoms with Gasteiger partial charge in [0.15, 0.2) is 12.4 Å². The molecule has 0 N–H and O–H groups in total. The zero-order chi connectivity index (χ0) is 17.3. The van der Waals surface area contributed by atoms with Crippen LogP contribution in [-0.4, -0.2) is 12.4 Å². The molecular weight excluding hydrogens is 349 g/mol. The summed E-state index contributed by atoms with van der Waals surface area (Å²) in [6, 6.07) is 10.3. The zero-order valence-electron chi connectivity index (χ0n) is 12.6. The van der Waals surface area contributed by atoms with Crippen molar-refractivity contribution in [2.75, 3.05) is 6.61 Å². The number of allylic oxidation sites excluding steroid dienone is 1. The van der Waals surface area contributed by atoms with Gasteiger partial charge in [0.1, 0.15) is 17.6 Å². The van der Waals surface area contributed by atoms with E-state index < -0.39 is 0 Å². The fourth-order valence-electron chi connectivity index (χ4n) is 2.46. The lowest BCUT2D eigenvalue weighted by Gasteiger charge is -2.06. The molecule has 0 saturated heterocycles. The molecule has 0 unspecified atom stereocenters. The number of nitriles is 1. The monoisotopic (exact) mass is 359 g/mol. The molecule has 6 heteroatoms. The van der Waals surface area contributed by atoms with Gasteiger partial charge >= 0.3 is 0 Å². The number of hydrogen-bond acceptors (Lipinski definition) is 4. The summed E-state index contributed by atoms with van der Waals surface area (Å²) in [5.41, 5.74) is 1.70. The van der Waals surface area contributed by atoms with E-state index in [1.807, 2.05) is 6.07 Å². The van der Waals surface area contributed by atoms with Gasteiger partial charge in [0, 0.05) is 21.7 Å². The first-order valence-corrected chi connectivity index (χ1v) is 7.79. The van der Waals surface area contributed by atoms with Crippen molar-refractivity contribution >= 4 is 35.1 Å². The van der Waals surface area contributed by atoms with Gasteiger partial charge in [-0.2, -0.15) is 5.26 Å². The molecule has 0 amide bonds. The van der Waals surface area contributed by atoms with Gasteiger partial charge in [-0.15, -0.1) is 0 Å². The highest BCUT2D eigenvalue weighted by Gasteiger charge is 2.30. The zero-order valence-corrected chi connectivity index (χ0v) is 14.1. The van der Waals surface area contributed by atoms with Crippen molar-refractivity contribution in [2.45, 2.75) is 6.92 Å². The van der Waals surface area contributed by atoms with Gasteiger partial charge < -0.3 is 9.47 Å². The molecule has 0 aromatic heterocycles. The summed E-state index contributed by atoms with van der Waals surface area (Å²) in [6.07, 6.45) is 1.53. The molecule has 0 radical (unpaired) electrons. The lowest BCUT2D eigenvalue weighted by atomic mass is 10.0.